The molecule has 2 rings (SSSR count). The summed E-state index contributed by atoms with van der Waals surface area (Å²) in [5.41, 5.74) is 7.93. The van der Waals surface area contributed by atoms with Crippen LogP contribution in [0.4, 0.5) is 10.1 Å². The molecular weight excluding hydrogens is 309 g/mol. The molecule has 1 heterocycles. The lowest BCUT2D eigenvalue weighted by Crippen LogP contribution is -2.57. The highest BCUT2D eigenvalue weighted by molar-refractivity contribution is 5.95. The van der Waals surface area contributed by atoms with E-state index in [1.807, 2.05) is 19.9 Å². The van der Waals surface area contributed by atoms with Gasteiger partial charge in [-0.2, -0.15) is 0 Å². The molecule has 1 aromatic rings. The number of benzene rings is 1. The molecule has 5 nitrogen and oxygen atoms in total. The second-order valence-electron chi connectivity index (χ2n) is 6.85. The normalized spacial score (nSPS) is 19.5. The van der Waals surface area contributed by atoms with E-state index in [1.165, 1.54) is 4.90 Å². The van der Waals surface area contributed by atoms with Crippen molar-refractivity contribution >= 4 is 17.5 Å². The van der Waals surface area contributed by atoms with Gasteiger partial charge in [0, 0.05) is 36.9 Å². The third-order valence-corrected chi connectivity index (χ3v) is 4.55. The first-order chi connectivity index (χ1) is 11.2. The van der Waals surface area contributed by atoms with Gasteiger partial charge in [0.25, 0.3) is 11.8 Å². The largest absolute Gasteiger partial charge is 0.398 e. The first-order valence-corrected chi connectivity index (χ1v) is 8.32. The summed E-state index contributed by atoms with van der Waals surface area (Å²) in [5.74, 6) is -0.937. The van der Waals surface area contributed by atoms with Gasteiger partial charge in [-0.3, -0.25) is 9.59 Å². The maximum Gasteiger partial charge on any atom is 0.257 e. The molecule has 6 heteroatoms. The van der Waals surface area contributed by atoms with Gasteiger partial charge in [0.1, 0.15) is 0 Å². The number of nitrogens with two attached hydrogens (primary N) is 1. The minimum absolute atomic E-state index is 0.109. The van der Waals surface area contributed by atoms with Crippen molar-refractivity contribution in [3.8, 4) is 0 Å². The maximum absolute atomic E-state index is 13.9. The van der Waals surface area contributed by atoms with E-state index in [-0.39, 0.29) is 17.9 Å². The number of hydrogen-bond donors (Lipinski definition) is 1. The van der Waals surface area contributed by atoms with Crippen molar-refractivity contribution in [3.63, 3.8) is 0 Å². The Morgan fingerprint density at radius 2 is 1.96 bits per heavy atom. The number of aryl methyl sites for hydroxylation is 1. The highest BCUT2D eigenvalue weighted by Crippen LogP contribution is 2.19. The minimum atomic E-state index is -1.49. The van der Waals surface area contributed by atoms with Crippen LogP contribution >= 0.6 is 0 Å². The topological polar surface area (TPSA) is 66.6 Å². The van der Waals surface area contributed by atoms with Gasteiger partial charge in [-0.1, -0.05) is 19.9 Å². The zero-order valence-electron chi connectivity index (χ0n) is 14.8. The summed E-state index contributed by atoms with van der Waals surface area (Å²) in [6, 6.07) is 5.09. The highest BCUT2D eigenvalue weighted by atomic mass is 19.1. The van der Waals surface area contributed by atoms with Gasteiger partial charge < -0.3 is 15.5 Å². The minimum Gasteiger partial charge on any atom is -0.398 e. The van der Waals surface area contributed by atoms with E-state index in [4.69, 9.17) is 5.73 Å². The molecule has 1 unspecified atom stereocenters. The standard InChI is InChI=1S/C18H26FN3O2/c1-11(2)16(19)18(24)21-7-8-22(13(4)10-21)17(23)14-6-5-12(3)15(20)9-14/h5-6,9,11,13,16H,7-8,10,20H2,1-4H3/t13-,16?/m0/s1. The summed E-state index contributed by atoms with van der Waals surface area (Å²) in [4.78, 5) is 28.1. The maximum atomic E-state index is 13.9. The fourth-order valence-corrected chi connectivity index (χ4v) is 2.86. The van der Waals surface area contributed by atoms with Crippen molar-refractivity contribution in [1.29, 1.82) is 0 Å². The molecule has 0 aliphatic carbocycles. The van der Waals surface area contributed by atoms with E-state index in [9.17, 15) is 14.0 Å². The van der Waals surface area contributed by atoms with Crippen molar-refractivity contribution in [1.82, 2.24) is 9.80 Å². The second kappa shape index (κ2) is 7.20. The molecule has 0 aromatic heterocycles. The van der Waals surface area contributed by atoms with E-state index in [0.717, 1.165) is 5.56 Å². The van der Waals surface area contributed by atoms with Crippen LogP contribution in [0.15, 0.2) is 18.2 Å². The van der Waals surface area contributed by atoms with Gasteiger partial charge in [0.2, 0.25) is 0 Å². The molecule has 1 fully saturated rings. The number of anilines is 1. The Kier molecular flexibility index (Phi) is 5.47. The Balaban J connectivity index is 2.06. The lowest BCUT2D eigenvalue weighted by atomic mass is 10.0. The summed E-state index contributed by atoms with van der Waals surface area (Å²) in [6.45, 7) is 8.23. The summed E-state index contributed by atoms with van der Waals surface area (Å²) >= 11 is 0. The molecule has 1 saturated heterocycles. The monoisotopic (exact) mass is 335 g/mol. The van der Waals surface area contributed by atoms with Crippen LogP contribution in [0.25, 0.3) is 0 Å². The fraction of sp³-hybridized carbons (Fsp3) is 0.556. The zero-order valence-corrected chi connectivity index (χ0v) is 14.8. The van der Waals surface area contributed by atoms with Crippen LogP contribution in [0, 0.1) is 12.8 Å². The number of carbonyl (C=O) groups excluding carboxylic acids is 2. The number of carbonyl (C=O) groups is 2. The van der Waals surface area contributed by atoms with Crippen molar-refractivity contribution in [2.75, 3.05) is 25.4 Å². The van der Waals surface area contributed by atoms with Gasteiger partial charge in [-0.15, -0.1) is 0 Å². The average Bonchev–Trinajstić information content (AvgIpc) is 2.55. The van der Waals surface area contributed by atoms with Gasteiger partial charge in [-0.05, 0) is 37.5 Å². The van der Waals surface area contributed by atoms with E-state index in [1.54, 1.807) is 30.9 Å². The number of rotatable bonds is 3. The average molecular weight is 335 g/mol. The Hall–Kier alpha value is -2.11. The van der Waals surface area contributed by atoms with Crippen LogP contribution in [0.5, 0.6) is 0 Å². The number of hydrogen-bond acceptors (Lipinski definition) is 3. The molecule has 24 heavy (non-hydrogen) atoms. The second-order valence-corrected chi connectivity index (χ2v) is 6.85. The van der Waals surface area contributed by atoms with Crippen LogP contribution in [0.1, 0.15) is 36.7 Å². The molecule has 1 aromatic carbocycles. The highest BCUT2D eigenvalue weighted by Gasteiger charge is 2.34. The first kappa shape index (κ1) is 18.2. The van der Waals surface area contributed by atoms with Crippen LogP contribution in [0.2, 0.25) is 0 Å². The van der Waals surface area contributed by atoms with E-state index < -0.39 is 12.1 Å². The molecule has 0 spiro atoms. The van der Waals surface area contributed by atoms with Crippen LogP contribution in [-0.2, 0) is 4.79 Å². The smallest absolute Gasteiger partial charge is 0.257 e. The molecule has 2 N–H and O–H groups in total. The molecule has 1 aliphatic heterocycles. The SMILES string of the molecule is Cc1ccc(C(=O)N2CCN(C(=O)C(F)C(C)C)C[C@@H]2C)cc1N. The molecule has 0 radical (unpaired) electrons. The van der Waals surface area contributed by atoms with Gasteiger partial charge in [0.15, 0.2) is 6.17 Å². The molecule has 2 atom stereocenters. The molecule has 2 amide bonds. The molecule has 1 aliphatic rings. The zero-order chi connectivity index (χ0) is 18.0. The van der Waals surface area contributed by atoms with Crippen LogP contribution in [-0.4, -0.2) is 53.5 Å². The third-order valence-electron chi connectivity index (χ3n) is 4.55. The summed E-state index contributed by atoms with van der Waals surface area (Å²) in [5, 5.41) is 0. The number of nitrogen functional groups attached to an aromatic ring is 1. The van der Waals surface area contributed by atoms with Crippen molar-refractivity contribution in [3.05, 3.63) is 29.3 Å². The Morgan fingerprint density at radius 1 is 1.29 bits per heavy atom. The number of amides is 2. The van der Waals surface area contributed by atoms with Gasteiger partial charge in [0.05, 0.1) is 0 Å². The van der Waals surface area contributed by atoms with Crippen LogP contribution in [0.3, 0.4) is 0 Å². The molecule has 0 bridgehead atoms. The van der Waals surface area contributed by atoms with E-state index in [2.05, 4.69) is 0 Å². The van der Waals surface area contributed by atoms with E-state index in [0.29, 0.717) is 30.9 Å². The third kappa shape index (κ3) is 3.68. The molecular formula is C18H26FN3O2. The van der Waals surface area contributed by atoms with Crippen LogP contribution < -0.4 is 5.73 Å². The number of halogens is 1. The van der Waals surface area contributed by atoms with Crippen molar-refractivity contribution in [2.45, 2.75) is 39.9 Å². The van der Waals surface area contributed by atoms with Gasteiger partial charge >= 0.3 is 0 Å². The van der Waals surface area contributed by atoms with Crippen molar-refractivity contribution in [2.24, 2.45) is 5.92 Å². The predicted molar refractivity (Wildman–Crippen MR) is 92.4 cm³/mol. The molecule has 132 valence electrons. The first-order valence-electron chi connectivity index (χ1n) is 8.32. The number of piperazine rings is 1. The predicted octanol–water partition coefficient (Wildman–Crippen LogP) is 2.24. The number of alkyl halides is 1. The van der Waals surface area contributed by atoms with E-state index >= 15 is 0 Å². The van der Waals surface area contributed by atoms with Gasteiger partial charge in [-0.25, -0.2) is 4.39 Å². The Bertz CT molecular complexity index is 633. The quantitative estimate of drug-likeness (QED) is 0.862. The summed E-state index contributed by atoms with van der Waals surface area (Å²) in [6.07, 6.45) is -1.49. The van der Waals surface area contributed by atoms with Crippen molar-refractivity contribution < 1.29 is 14.0 Å². The Labute approximate surface area is 142 Å². The Morgan fingerprint density at radius 3 is 2.50 bits per heavy atom. The molecule has 0 saturated carbocycles. The lowest BCUT2D eigenvalue weighted by Gasteiger charge is -2.40. The fourth-order valence-electron chi connectivity index (χ4n) is 2.86. The lowest BCUT2D eigenvalue weighted by molar-refractivity contribution is -0.140. The number of nitrogens with zero attached hydrogens (tertiary/aromatic N) is 2. The summed E-state index contributed by atoms with van der Waals surface area (Å²) < 4.78 is 13.9. The summed E-state index contributed by atoms with van der Waals surface area (Å²) in [7, 11) is 0.